The highest BCUT2D eigenvalue weighted by Gasteiger charge is 2.30. The molecule has 1 saturated carbocycles. The fraction of sp³-hybridized carbons (Fsp3) is 0.235. The van der Waals surface area contributed by atoms with Gasteiger partial charge in [-0.1, -0.05) is 36.4 Å². The minimum atomic E-state index is -0.723. The van der Waals surface area contributed by atoms with E-state index in [9.17, 15) is 9.18 Å². The maximum absolute atomic E-state index is 13.8. The smallest absolute Gasteiger partial charge is 0.244 e. The highest BCUT2D eigenvalue weighted by molar-refractivity contribution is 5.85. The van der Waals surface area contributed by atoms with Crippen molar-refractivity contribution < 1.29 is 9.18 Å². The molecule has 0 spiro atoms. The van der Waals surface area contributed by atoms with E-state index >= 15 is 0 Å². The van der Waals surface area contributed by atoms with E-state index in [4.69, 9.17) is 5.73 Å². The van der Waals surface area contributed by atoms with Crippen LogP contribution in [0, 0.1) is 5.82 Å². The molecule has 0 aliphatic heterocycles. The molecular formula is C17H17FN2O. The van der Waals surface area contributed by atoms with Gasteiger partial charge in [-0.05, 0) is 42.0 Å². The third-order valence-corrected chi connectivity index (χ3v) is 3.78. The largest absolute Gasteiger partial charge is 0.368 e. The molecule has 1 atom stereocenters. The van der Waals surface area contributed by atoms with E-state index in [1.54, 1.807) is 18.2 Å². The predicted molar refractivity (Wildman–Crippen MR) is 80.4 cm³/mol. The Morgan fingerprint density at radius 1 is 1.14 bits per heavy atom. The number of carbonyl (C=O) groups is 1. The van der Waals surface area contributed by atoms with Crippen LogP contribution in [0.15, 0.2) is 48.5 Å². The van der Waals surface area contributed by atoms with Crippen LogP contribution in [0.25, 0.3) is 0 Å². The van der Waals surface area contributed by atoms with Crippen molar-refractivity contribution in [2.45, 2.75) is 24.8 Å². The molecule has 1 unspecified atom stereocenters. The predicted octanol–water partition coefficient (Wildman–Crippen LogP) is 3.34. The molecule has 1 amide bonds. The molecule has 2 aromatic carbocycles. The molecule has 1 fully saturated rings. The lowest BCUT2D eigenvalue weighted by Crippen LogP contribution is -2.28. The number of carbonyl (C=O) groups excluding carboxylic acids is 1. The van der Waals surface area contributed by atoms with Crippen molar-refractivity contribution in [1.29, 1.82) is 0 Å². The quantitative estimate of drug-likeness (QED) is 0.884. The van der Waals surface area contributed by atoms with Crippen LogP contribution in [0.5, 0.6) is 0 Å². The maximum atomic E-state index is 13.8. The first-order valence-electron chi connectivity index (χ1n) is 7.06. The minimum absolute atomic E-state index is 0.284. The highest BCUT2D eigenvalue weighted by Crippen LogP contribution is 2.43. The lowest BCUT2D eigenvalue weighted by molar-refractivity contribution is -0.118. The molecule has 0 radical (unpaired) electrons. The zero-order valence-electron chi connectivity index (χ0n) is 11.6. The molecule has 0 heterocycles. The Balaban J connectivity index is 1.96. The molecule has 0 aromatic heterocycles. The van der Waals surface area contributed by atoms with Gasteiger partial charge >= 0.3 is 0 Å². The van der Waals surface area contributed by atoms with Crippen LogP contribution in [0.4, 0.5) is 10.1 Å². The van der Waals surface area contributed by atoms with Crippen LogP contribution in [0.3, 0.4) is 0 Å². The first-order chi connectivity index (χ1) is 10.2. The van der Waals surface area contributed by atoms with Crippen LogP contribution in [-0.2, 0) is 4.79 Å². The molecule has 21 heavy (non-hydrogen) atoms. The van der Waals surface area contributed by atoms with Gasteiger partial charge in [0.2, 0.25) is 5.91 Å². The number of hydrogen-bond acceptors (Lipinski definition) is 2. The van der Waals surface area contributed by atoms with E-state index < -0.39 is 17.8 Å². The molecule has 3 nitrogen and oxygen atoms in total. The van der Waals surface area contributed by atoms with Gasteiger partial charge in [-0.25, -0.2) is 4.39 Å². The number of para-hydroxylation sites is 1. The van der Waals surface area contributed by atoms with E-state index in [2.05, 4.69) is 5.32 Å². The van der Waals surface area contributed by atoms with Gasteiger partial charge in [0.25, 0.3) is 0 Å². The number of amides is 1. The molecule has 0 bridgehead atoms. The van der Waals surface area contributed by atoms with Crippen molar-refractivity contribution >= 4 is 11.6 Å². The van der Waals surface area contributed by atoms with E-state index in [1.165, 1.54) is 6.07 Å². The molecule has 0 saturated heterocycles. The zero-order chi connectivity index (χ0) is 14.8. The molecular weight excluding hydrogens is 267 g/mol. The number of anilines is 1. The Morgan fingerprint density at radius 3 is 2.48 bits per heavy atom. The minimum Gasteiger partial charge on any atom is -0.368 e. The average molecular weight is 284 g/mol. The number of halogens is 1. The van der Waals surface area contributed by atoms with Gasteiger partial charge in [-0.2, -0.15) is 0 Å². The second kappa shape index (κ2) is 5.56. The Labute approximate surface area is 123 Å². The van der Waals surface area contributed by atoms with Gasteiger partial charge in [-0.15, -0.1) is 0 Å². The topological polar surface area (TPSA) is 55.1 Å². The molecule has 3 N–H and O–H groups in total. The van der Waals surface area contributed by atoms with Crippen LogP contribution in [-0.4, -0.2) is 5.91 Å². The Kier molecular flexibility index (Phi) is 3.60. The van der Waals surface area contributed by atoms with E-state index in [0.717, 1.165) is 24.0 Å². The summed E-state index contributed by atoms with van der Waals surface area (Å²) in [5.41, 5.74) is 7.79. The van der Waals surface area contributed by atoms with Gasteiger partial charge in [0.15, 0.2) is 0 Å². The lowest BCUT2D eigenvalue weighted by atomic mass is 9.96. The van der Waals surface area contributed by atoms with Crippen molar-refractivity contribution in [3.05, 3.63) is 65.5 Å². The normalized spacial score (nSPS) is 15.5. The van der Waals surface area contributed by atoms with Crippen molar-refractivity contribution in [3.63, 3.8) is 0 Å². The standard InChI is InChI=1S/C17H17FN2O/c18-14-7-3-4-8-15(14)20-16(17(19)21)13-6-2-1-5-12(13)11-9-10-11/h1-8,11,16,20H,9-10H2,(H2,19,21). The molecule has 4 heteroatoms. The summed E-state index contributed by atoms with van der Waals surface area (Å²) >= 11 is 0. The summed E-state index contributed by atoms with van der Waals surface area (Å²) in [4.78, 5) is 11.8. The van der Waals surface area contributed by atoms with Crippen LogP contribution in [0.1, 0.15) is 35.9 Å². The monoisotopic (exact) mass is 284 g/mol. The van der Waals surface area contributed by atoms with Crippen molar-refractivity contribution in [3.8, 4) is 0 Å². The molecule has 3 rings (SSSR count). The summed E-state index contributed by atoms with van der Waals surface area (Å²) in [6.45, 7) is 0. The molecule has 2 aromatic rings. The van der Waals surface area contributed by atoms with Crippen molar-refractivity contribution in [2.75, 3.05) is 5.32 Å². The third-order valence-electron chi connectivity index (χ3n) is 3.78. The van der Waals surface area contributed by atoms with Gasteiger partial charge in [0, 0.05) is 0 Å². The summed E-state index contributed by atoms with van der Waals surface area (Å²) in [5, 5.41) is 2.94. The fourth-order valence-corrected chi connectivity index (χ4v) is 2.58. The van der Waals surface area contributed by atoms with Gasteiger partial charge in [-0.3, -0.25) is 4.79 Å². The number of primary amides is 1. The number of nitrogens with one attached hydrogen (secondary N) is 1. The molecule has 108 valence electrons. The summed E-state index contributed by atoms with van der Waals surface area (Å²) in [6, 6.07) is 13.3. The summed E-state index contributed by atoms with van der Waals surface area (Å²) < 4.78 is 13.8. The second-order valence-electron chi connectivity index (χ2n) is 5.36. The maximum Gasteiger partial charge on any atom is 0.244 e. The highest BCUT2D eigenvalue weighted by atomic mass is 19.1. The third kappa shape index (κ3) is 2.89. The van der Waals surface area contributed by atoms with Crippen molar-refractivity contribution in [1.82, 2.24) is 0 Å². The summed E-state index contributed by atoms with van der Waals surface area (Å²) in [7, 11) is 0. The number of benzene rings is 2. The van der Waals surface area contributed by atoms with Crippen molar-refractivity contribution in [2.24, 2.45) is 5.73 Å². The van der Waals surface area contributed by atoms with Crippen LogP contribution >= 0.6 is 0 Å². The fourth-order valence-electron chi connectivity index (χ4n) is 2.58. The first kappa shape index (κ1) is 13.6. The molecule has 1 aliphatic rings. The SMILES string of the molecule is NC(=O)C(Nc1ccccc1F)c1ccccc1C1CC1. The van der Waals surface area contributed by atoms with Gasteiger partial charge < -0.3 is 11.1 Å². The summed E-state index contributed by atoms with van der Waals surface area (Å²) in [5.74, 6) is -0.413. The first-order valence-corrected chi connectivity index (χ1v) is 7.06. The Bertz CT molecular complexity index is 667. The van der Waals surface area contributed by atoms with E-state index in [1.807, 2.05) is 24.3 Å². The van der Waals surface area contributed by atoms with Crippen LogP contribution in [0.2, 0.25) is 0 Å². The Morgan fingerprint density at radius 2 is 1.81 bits per heavy atom. The number of hydrogen-bond donors (Lipinski definition) is 2. The summed E-state index contributed by atoms with van der Waals surface area (Å²) in [6.07, 6.45) is 2.25. The van der Waals surface area contributed by atoms with E-state index in [-0.39, 0.29) is 5.69 Å². The lowest BCUT2D eigenvalue weighted by Gasteiger charge is -2.20. The van der Waals surface area contributed by atoms with E-state index in [0.29, 0.717) is 5.92 Å². The Hall–Kier alpha value is -2.36. The van der Waals surface area contributed by atoms with Crippen LogP contribution < -0.4 is 11.1 Å². The second-order valence-corrected chi connectivity index (χ2v) is 5.36. The average Bonchev–Trinajstić information content (AvgIpc) is 3.31. The molecule has 1 aliphatic carbocycles. The van der Waals surface area contributed by atoms with Gasteiger partial charge in [0.1, 0.15) is 11.9 Å². The number of rotatable bonds is 5. The number of nitrogens with two attached hydrogens (primary N) is 1. The zero-order valence-corrected chi connectivity index (χ0v) is 11.6. The van der Waals surface area contributed by atoms with Gasteiger partial charge in [0.05, 0.1) is 5.69 Å².